The highest BCUT2D eigenvalue weighted by Crippen LogP contribution is 2.25. The highest BCUT2D eigenvalue weighted by atomic mass is 32.2. The quantitative estimate of drug-likeness (QED) is 0.602. The van der Waals surface area contributed by atoms with Gasteiger partial charge in [0.15, 0.2) is 0 Å². The lowest BCUT2D eigenvalue weighted by Crippen LogP contribution is -2.52. The lowest BCUT2D eigenvalue weighted by molar-refractivity contribution is -0.129. The van der Waals surface area contributed by atoms with Gasteiger partial charge >= 0.3 is 0 Å². The zero-order chi connectivity index (χ0) is 23.9. The molecule has 2 heterocycles. The molecule has 2 aromatic carbocycles. The Kier molecular flexibility index (Phi) is 8.11. The number of hydrogen-bond acceptors (Lipinski definition) is 5. The minimum Gasteiger partial charge on any atom is -0.371 e. The summed E-state index contributed by atoms with van der Waals surface area (Å²) in [4.78, 5) is 43.1. The van der Waals surface area contributed by atoms with Crippen LogP contribution in [0, 0.1) is 0 Å². The highest BCUT2D eigenvalue weighted by Gasteiger charge is 2.36. The van der Waals surface area contributed by atoms with Gasteiger partial charge in [0.1, 0.15) is 12.1 Å². The van der Waals surface area contributed by atoms with Crippen molar-refractivity contribution in [2.75, 3.05) is 34.9 Å². The van der Waals surface area contributed by atoms with Crippen molar-refractivity contribution in [2.24, 2.45) is 0 Å². The van der Waals surface area contributed by atoms with Crippen LogP contribution >= 0.6 is 11.8 Å². The Hall–Kier alpha value is -3.00. The van der Waals surface area contributed by atoms with E-state index in [1.54, 1.807) is 28.8 Å². The Bertz CT molecular complexity index is 1010. The van der Waals surface area contributed by atoms with Gasteiger partial charge in [-0.05, 0) is 49.6 Å². The van der Waals surface area contributed by atoms with Gasteiger partial charge in [0.05, 0.1) is 5.88 Å². The molecule has 180 valence electrons. The number of nitrogens with zero attached hydrogens (tertiary/aromatic N) is 2. The number of carbonyl (C=O) groups is 3. The number of benzene rings is 2. The summed E-state index contributed by atoms with van der Waals surface area (Å²) in [5, 5.41) is 5.90. The average molecular weight is 481 g/mol. The SMILES string of the molecule is CCCC(NC(=O)[C@@H]1CSCN1C(=O)c1ccccc1)C(=O)Nc1cccc(N2CCCC2)c1. The van der Waals surface area contributed by atoms with Gasteiger partial charge in [-0.2, -0.15) is 0 Å². The van der Waals surface area contributed by atoms with Crippen molar-refractivity contribution in [3.05, 3.63) is 60.2 Å². The Labute approximate surface area is 205 Å². The monoisotopic (exact) mass is 480 g/mol. The van der Waals surface area contributed by atoms with Crippen LogP contribution in [0.2, 0.25) is 0 Å². The molecule has 4 rings (SSSR count). The van der Waals surface area contributed by atoms with Crippen molar-refractivity contribution in [1.82, 2.24) is 10.2 Å². The van der Waals surface area contributed by atoms with E-state index in [4.69, 9.17) is 0 Å². The van der Waals surface area contributed by atoms with E-state index in [-0.39, 0.29) is 17.7 Å². The molecular weight excluding hydrogens is 448 g/mol. The van der Waals surface area contributed by atoms with Gasteiger partial charge < -0.3 is 20.4 Å². The van der Waals surface area contributed by atoms with Gasteiger partial charge in [-0.25, -0.2) is 0 Å². The maximum Gasteiger partial charge on any atom is 0.255 e. The summed E-state index contributed by atoms with van der Waals surface area (Å²) in [6.45, 7) is 4.05. The Morgan fingerprint density at radius 2 is 1.82 bits per heavy atom. The molecule has 8 heteroatoms. The number of carbonyl (C=O) groups excluding carboxylic acids is 3. The van der Waals surface area contributed by atoms with Crippen LogP contribution in [0.25, 0.3) is 0 Å². The van der Waals surface area contributed by atoms with Crippen LogP contribution in [0.4, 0.5) is 11.4 Å². The number of thioether (sulfide) groups is 1. The first-order valence-electron chi connectivity index (χ1n) is 12.0. The molecule has 0 aliphatic carbocycles. The average Bonchev–Trinajstić information content (AvgIpc) is 3.57. The van der Waals surface area contributed by atoms with Gasteiger partial charge in [0.2, 0.25) is 11.8 Å². The van der Waals surface area contributed by atoms with Gasteiger partial charge in [0.25, 0.3) is 5.91 Å². The zero-order valence-corrected chi connectivity index (χ0v) is 20.4. The summed E-state index contributed by atoms with van der Waals surface area (Å²) in [6.07, 6.45) is 3.64. The Morgan fingerprint density at radius 3 is 2.56 bits per heavy atom. The molecule has 2 fully saturated rings. The second kappa shape index (κ2) is 11.4. The molecule has 2 saturated heterocycles. The van der Waals surface area contributed by atoms with Crippen molar-refractivity contribution < 1.29 is 14.4 Å². The van der Waals surface area contributed by atoms with E-state index in [1.807, 2.05) is 43.3 Å². The molecule has 34 heavy (non-hydrogen) atoms. The predicted octanol–water partition coefficient (Wildman–Crippen LogP) is 3.73. The first kappa shape index (κ1) is 24.1. The third kappa shape index (κ3) is 5.73. The van der Waals surface area contributed by atoms with E-state index in [0.29, 0.717) is 23.6 Å². The van der Waals surface area contributed by atoms with Crippen LogP contribution in [0.1, 0.15) is 43.0 Å². The summed E-state index contributed by atoms with van der Waals surface area (Å²) in [7, 11) is 0. The molecule has 0 radical (unpaired) electrons. The van der Waals surface area contributed by atoms with Gasteiger partial charge in [-0.3, -0.25) is 14.4 Å². The summed E-state index contributed by atoms with van der Waals surface area (Å²) in [5.41, 5.74) is 2.38. The molecule has 0 saturated carbocycles. The Balaban J connectivity index is 1.41. The molecule has 0 spiro atoms. The number of amides is 3. The fourth-order valence-electron chi connectivity index (χ4n) is 4.42. The van der Waals surface area contributed by atoms with Crippen LogP contribution < -0.4 is 15.5 Å². The number of nitrogens with one attached hydrogen (secondary N) is 2. The van der Waals surface area contributed by atoms with Crippen molar-refractivity contribution in [2.45, 2.75) is 44.7 Å². The number of hydrogen-bond donors (Lipinski definition) is 2. The van der Waals surface area contributed by atoms with Gasteiger partial charge in [-0.1, -0.05) is 37.6 Å². The zero-order valence-electron chi connectivity index (χ0n) is 19.5. The van der Waals surface area contributed by atoms with E-state index in [2.05, 4.69) is 21.6 Å². The van der Waals surface area contributed by atoms with E-state index in [0.717, 1.165) is 30.9 Å². The molecule has 1 unspecified atom stereocenters. The Morgan fingerprint density at radius 1 is 1.06 bits per heavy atom. The van der Waals surface area contributed by atoms with E-state index in [9.17, 15) is 14.4 Å². The van der Waals surface area contributed by atoms with Crippen LogP contribution in [-0.2, 0) is 9.59 Å². The lowest BCUT2D eigenvalue weighted by atomic mass is 10.1. The first-order chi connectivity index (χ1) is 16.6. The molecule has 2 atom stereocenters. The van der Waals surface area contributed by atoms with Crippen LogP contribution in [0.5, 0.6) is 0 Å². The molecule has 2 aliphatic heterocycles. The van der Waals surface area contributed by atoms with Crippen molar-refractivity contribution in [1.29, 1.82) is 0 Å². The molecule has 2 N–H and O–H groups in total. The first-order valence-corrected chi connectivity index (χ1v) is 13.1. The van der Waals surface area contributed by atoms with Gasteiger partial charge in [-0.15, -0.1) is 11.8 Å². The second-order valence-electron chi connectivity index (χ2n) is 8.74. The minimum absolute atomic E-state index is 0.166. The molecule has 2 aliphatic rings. The smallest absolute Gasteiger partial charge is 0.255 e. The highest BCUT2D eigenvalue weighted by molar-refractivity contribution is 7.99. The topological polar surface area (TPSA) is 81.8 Å². The molecule has 7 nitrogen and oxygen atoms in total. The number of anilines is 2. The van der Waals surface area contributed by atoms with Gasteiger partial charge in [0, 0.05) is 35.8 Å². The van der Waals surface area contributed by atoms with Crippen LogP contribution in [-0.4, -0.2) is 59.4 Å². The van der Waals surface area contributed by atoms with Crippen molar-refractivity contribution in [3.8, 4) is 0 Å². The predicted molar refractivity (Wildman–Crippen MR) is 137 cm³/mol. The third-order valence-corrected chi connectivity index (χ3v) is 7.27. The number of rotatable bonds is 8. The van der Waals surface area contributed by atoms with E-state index in [1.165, 1.54) is 12.8 Å². The lowest BCUT2D eigenvalue weighted by Gasteiger charge is -2.26. The maximum absolute atomic E-state index is 13.2. The van der Waals surface area contributed by atoms with Crippen molar-refractivity contribution in [3.63, 3.8) is 0 Å². The van der Waals surface area contributed by atoms with Crippen LogP contribution in [0.15, 0.2) is 54.6 Å². The molecule has 0 aromatic heterocycles. The maximum atomic E-state index is 13.2. The second-order valence-corrected chi connectivity index (χ2v) is 9.74. The summed E-state index contributed by atoms with van der Waals surface area (Å²) in [5.74, 6) is 0.290. The largest absolute Gasteiger partial charge is 0.371 e. The molecule has 0 bridgehead atoms. The molecular formula is C26H32N4O3S. The van der Waals surface area contributed by atoms with E-state index < -0.39 is 12.1 Å². The van der Waals surface area contributed by atoms with Crippen molar-refractivity contribution >= 4 is 40.9 Å². The molecule has 2 aromatic rings. The fourth-order valence-corrected chi connectivity index (χ4v) is 5.57. The fraction of sp³-hybridized carbons (Fsp3) is 0.423. The minimum atomic E-state index is -0.660. The standard InChI is InChI=1S/C26H32N4O3S/c1-2-9-22(24(31)27-20-12-8-13-21(16-20)29-14-6-7-15-29)28-25(32)23-17-34-18-30(23)26(33)19-10-4-3-5-11-19/h3-5,8,10-13,16,22-23H,2,6-7,9,14-15,17-18H2,1H3,(H,27,31)(H,28,32)/t22?,23-/m0/s1. The summed E-state index contributed by atoms with van der Waals surface area (Å²) < 4.78 is 0. The summed E-state index contributed by atoms with van der Waals surface area (Å²) >= 11 is 1.55. The van der Waals surface area contributed by atoms with E-state index >= 15 is 0 Å². The normalized spacial score (nSPS) is 18.6. The molecule has 3 amide bonds. The summed E-state index contributed by atoms with van der Waals surface area (Å²) in [6, 6.07) is 15.6. The third-order valence-electron chi connectivity index (χ3n) is 6.26. The van der Waals surface area contributed by atoms with Crippen LogP contribution in [0.3, 0.4) is 0 Å².